The smallest absolute Gasteiger partial charge is 0.0344 e. The van der Waals surface area contributed by atoms with E-state index in [9.17, 15) is 0 Å². The summed E-state index contributed by atoms with van der Waals surface area (Å²) in [7, 11) is 0. The molecule has 0 heterocycles. The van der Waals surface area contributed by atoms with Crippen molar-refractivity contribution >= 4 is 35.3 Å². The number of aryl methyl sites for hydroxylation is 1. The number of hydrogen-bond donors (Lipinski definition) is 0. The maximum absolute atomic E-state index is 2.49. The second-order valence-corrected chi connectivity index (χ2v) is 15.4. The molecule has 0 aliphatic rings. The van der Waals surface area contributed by atoms with Crippen molar-refractivity contribution < 1.29 is 0 Å². The normalized spacial score (nSPS) is 11.5. The van der Waals surface area contributed by atoms with Gasteiger partial charge in [-0.2, -0.15) is 0 Å². The van der Waals surface area contributed by atoms with E-state index in [1.54, 1.807) is 14.7 Å². The van der Waals surface area contributed by atoms with Crippen molar-refractivity contribution in [1.82, 2.24) is 0 Å². The first-order chi connectivity index (χ1) is 19.7. The van der Waals surface area contributed by atoms with Gasteiger partial charge in [0, 0.05) is 14.7 Å². The van der Waals surface area contributed by atoms with Gasteiger partial charge in [0.1, 0.15) is 0 Å². The predicted octanol–water partition coefficient (Wildman–Crippen LogP) is 14.7. The molecule has 0 fully saturated rings. The van der Waals surface area contributed by atoms with E-state index in [1.165, 1.54) is 177 Å². The first-order valence-electron chi connectivity index (χ1n) is 17.8. The molecular weight excluding hydrogens is 541 g/mol. The zero-order valence-corrected chi connectivity index (χ0v) is 29.9. The van der Waals surface area contributed by atoms with E-state index < -0.39 is 0 Å². The average molecular weight is 609 g/mol. The molecule has 0 unspecified atom stereocenters. The Kier molecular flexibility index (Phi) is 28.1. The Bertz CT molecular complexity index is 628. The van der Waals surface area contributed by atoms with Crippen LogP contribution in [0.5, 0.6) is 0 Å². The minimum atomic E-state index is 1.28. The lowest BCUT2D eigenvalue weighted by atomic mass is 10.1. The summed E-state index contributed by atoms with van der Waals surface area (Å²) in [5.41, 5.74) is 1.45. The van der Waals surface area contributed by atoms with Crippen molar-refractivity contribution in [2.75, 3.05) is 17.3 Å². The molecule has 0 saturated carbocycles. The van der Waals surface area contributed by atoms with E-state index in [1.807, 2.05) is 0 Å². The van der Waals surface area contributed by atoms with Crippen molar-refractivity contribution in [3.63, 3.8) is 0 Å². The highest BCUT2D eigenvalue weighted by atomic mass is 32.2. The summed E-state index contributed by atoms with van der Waals surface area (Å²) >= 11 is 6.47. The van der Waals surface area contributed by atoms with Crippen LogP contribution in [0.1, 0.15) is 180 Å². The fourth-order valence-electron chi connectivity index (χ4n) is 5.31. The van der Waals surface area contributed by atoms with Gasteiger partial charge in [0.05, 0.1) is 0 Å². The minimum Gasteiger partial charge on any atom is -0.125 e. The highest BCUT2D eigenvalue weighted by Gasteiger charge is 2.12. The second-order valence-electron chi connectivity index (χ2n) is 12.1. The van der Waals surface area contributed by atoms with Gasteiger partial charge in [0.2, 0.25) is 0 Å². The van der Waals surface area contributed by atoms with Crippen LogP contribution in [0.4, 0.5) is 0 Å². The van der Waals surface area contributed by atoms with Crippen molar-refractivity contribution in [2.45, 2.75) is 196 Å². The summed E-state index contributed by atoms with van der Waals surface area (Å²) in [5.74, 6) is 3.85. The first-order valence-corrected chi connectivity index (χ1v) is 20.7. The number of hydrogen-bond acceptors (Lipinski definition) is 3. The van der Waals surface area contributed by atoms with Crippen LogP contribution in [-0.4, -0.2) is 17.3 Å². The molecule has 40 heavy (non-hydrogen) atoms. The van der Waals surface area contributed by atoms with Crippen LogP contribution in [0.2, 0.25) is 0 Å². The zero-order valence-electron chi connectivity index (χ0n) is 27.5. The Morgan fingerprint density at radius 2 is 0.650 bits per heavy atom. The molecule has 0 bridgehead atoms. The summed E-state index contributed by atoms with van der Waals surface area (Å²) in [5, 5.41) is 0. The van der Waals surface area contributed by atoms with Crippen LogP contribution in [0.25, 0.3) is 0 Å². The molecule has 0 radical (unpaired) electrons. The molecule has 3 heteroatoms. The fourth-order valence-corrected chi connectivity index (χ4v) is 9.19. The molecule has 1 aromatic carbocycles. The summed E-state index contributed by atoms with van der Waals surface area (Å²) in [6, 6.07) is 4.98. The zero-order chi connectivity index (χ0) is 28.9. The lowest BCUT2D eigenvalue weighted by molar-refractivity contribution is 0.586. The molecule has 0 aromatic heterocycles. The monoisotopic (exact) mass is 608 g/mol. The summed E-state index contributed by atoms with van der Waals surface area (Å²) < 4.78 is 0. The average Bonchev–Trinajstić information content (AvgIpc) is 2.95. The third-order valence-corrected chi connectivity index (χ3v) is 11.7. The summed E-state index contributed by atoms with van der Waals surface area (Å²) in [4.78, 5) is 4.76. The van der Waals surface area contributed by atoms with Gasteiger partial charge in [-0.3, -0.25) is 0 Å². The van der Waals surface area contributed by atoms with Crippen LogP contribution >= 0.6 is 35.3 Å². The standard InChI is InChI=1S/C37H68S3/c1-5-8-11-14-17-20-23-26-29-38-35-32-34(4)33-36(39-30-27-24-21-18-15-12-9-6-2)37(35)40-31-28-25-22-19-16-13-10-7-3/h32-33H,5-31H2,1-4H3. The van der Waals surface area contributed by atoms with Crippen molar-refractivity contribution in [1.29, 1.82) is 0 Å². The Balaban J connectivity index is 2.53. The van der Waals surface area contributed by atoms with Gasteiger partial charge < -0.3 is 0 Å². The largest absolute Gasteiger partial charge is 0.125 e. The number of rotatable bonds is 30. The molecule has 0 spiro atoms. The Labute approximate surface area is 265 Å². The Morgan fingerprint density at radius 1 is 0.375 bits per heavy atom. The van der Waals surface area contributed by atoms with E-state index in [0.717, 1.165) is 0 Å². The van der Waals surface area contributed by atoms with Crippen LogP contribution in [0.15, 0.2) is 26.8 Å². The third kappa shape index (κ3) is 21.9. The van der Waals surface area contributed by atoms with E-state index >= 15 is 0 Å². The summed E-state index contributed by atoms with van der Waals surface area (Å²) in [6.07, 6.45) is 33.9. The minimum absolute atomic E-state index is 1.28. The fraction of sp³-hybridized carbons (Fsp3) is 0.838. The van der Waals surface area contributed by atoms with Crippen molar-refractivity contribution in [2.24, 2.45) is 0 Å². The highest BCUT2D eigenvalue weighted by Crippen LogP contribution is 2.41. The van der Waals surface area contributed by atoms with Gasteiger partial charge in [0.25, 0.3) is 0 Å². The molecule has 1 aromatic rings. The van der Waals surface area contributed by atoms with Crippen LogP contribution < -0.4 is 0 Å². The van der Waals surface area contributed by atoms with Gasteiger partial charge in [-0.1, -0.05) is 156 Å². The topological polar surface area (TPSA) is 0 Å². The summed E-state index contributed by atoms with van der Waals surface area (Å²) in [6.45, 7) is 9.25. The molecule has 234 valence electrons. The van der Waals surface area contributed by atoms with Gasteiger partial charge in [-0.15, -0.1) is 35.3 Å². The number of benzene rings is 1. The van der Waals surface area contributed by atoms with Gasteiger partial charge in [0.15, 0.2) is 0 Å². The Morgan fingerprint density at radius 3 is 0.975 bits per heavy atom. The Hall–Kier alpha value is 0.270. The van der Waals surface area contributed by atoms with E-state index in [2.05, 4.69) is 75.1 Å². The number of thioether (sulfide) groups is 3. The molecule has 1 rings (SSSR count). The van der Waals surface area contributed by atoms with Crippen LogP contribution in [0, 0.1) is 6.92 Å². The molecule has 0 N–H and O–H groups in total. The molecule has 0 atom stereocenters. The molecule has 0 nitrogen and oxygen atoms in total. The molecule has 0 amide bonds. The van der Waals surface area contributed by atoms with Gasteiger partial charge in [-0.25, -0.2) is 0 Å². The van der Waals surface area contributed by atoms with E-state index in [4.69, 9.17) is 0 Å². The highest BCUT2D eigenvalue weighted by molar-refractivity contribution is 8.03. The third-order valence-electron chi connectivity index (χ3n) is 7.92. The maximum atomic E-state index is 2.49. The van der Waals surface area contributed by atoms with Gasteiger partial charge in [-0.05, 0) is 61.1 Å². The number of unbranched alkanes of at least 4 members (excludes halogenated alkanes) is 21. The van der Waals surface area contributed by atoms with E-state index in [0.29, 0.717) is 0 Å². The van der Waals surface area contributed by atoms with E-state index in [-0.39, 0.29) is 0 Å². The lowest BCUT2D eigenvalue weighted by Crippen LogP contribution is -1.92. The SMILES string of the molecule is CCCCCCCCCCSc1cc(C)cc(SCCCCCCCCCC)c1SCCCCCCCCCC. The quantitative estimate of drug-likeness (QED) is 0.0630. The maximum Gasteiger partial charge on any atom is 0.0344 e. The van der Waals surface area contributed by atoms with Crippen molar-refractivity contribution in [3.05, 3.63) is 17.7 Å². The molecule has 0 saturated heterocycles. The van der Waals surface area contributed by atoms with Crippen LogP contribution in [-0.2, 0) is 0 Å². The van der Waals surface area contributed by atoms with Crippen molar-refractivity contribution in [3.8, 4) is 0 Å². The van der Waals surface area contributed by atoms with Gasteiger partial charge >= 0.3 is 0 Å². The molecular formula is C37H68S3. The molecule has 0 aliphatic carbocycles. The first kappa shape index (κ1) is 38.3. The molecule has 0 aliphatic heterocycles. The lowest BCUT2D eigenvalue weighted by Gasteiger charge is -2.16. The van der Waals surface area contributed by atoms with Crippen LogP contribution in [0.3, 0.4) is 0 Å². The predicted molar refractivity (Wildman–Crippen MR) is 191 cm³/mol. The second kappa shape index (κ2) is 29.3.